The number of likely N-dealkylation sites (tertiary alicyclic amines) is 1. The normalized spacial score (nSPS) is 32.6. The molecule has 0 spiro atoms. The Morgan fingerprint density at radius 2 is 1.60 bits per heavy atom. The minimum Gasteiger partial charge on any atom is -0.388 e. The molecule has 0 aromatic heterocycles. The van der Waals surface area contributed by atoms with Crippen LogP contribution >= 0.6 is 0 Å². The largest absolute Gasteiger partial charge is 0.388 e. The molecule has 1 saturated heterocycles. The molecule has 1 atom stereocenters. The fraction of sp³-hybridized carbons (Fsp3) is 0.941. The van der Waals surface area contributed by atoms with Crippen LogP contribution in [0.2, 0.25) is 0 Å². The Balaban J connectivity index is 2.16. The third kappa shape index (κ3) is 3.18. The van der Waals surface area contributed by atoms with Gasteiger partial charge in [0.1, 0.15) is 0 Å². The standard InChI is InChI=1S/C17H30N2O/c1-2-19-13-8-11-17(20,12-14-19)16(15-18)9-6-4-3-5-7-10-16/h20H,2-14H2,1H3. The Morgan fingerprint density at radius 3 is 2.20 bits per heavy atom. The van der Waals surface area contributed by atoms with E-state index in [4.69, 9.17) is 0 Å². The van der Waals surface area contributed by atoms with Crippen LogP contribution in [0.4, 0.5) is 0 Å². The molecular formula is C17H30N2O. The molecule has 3 heteroatoms. The number of hydrogen-bond acceptors (Lipinski definition) is 3. The molecule has 0 radical (unpaired) electrons. The van der Waals surface area contributed by atoms with Crippen LogP contribution in [-0.4, -0.2) is 35.2 Å². The van der Waals surface area contributed by atoms with Crippen molar-refractivity contribution in [3.8, 4) is 6.07 Å². The lowest BCUT2D eigenvalue weighted by Crippen LogP contribution is -2.48. The molecule has 2 rings (SSSR count). The van der Waals surface area contributed by atoms with Crippen LogP contribution in [0.5, 0.6) is 0 Å². The molecule has 3 nitrogen and oxygen atoms in total. The fourth-order valence-electron chi connectivity index (χ4n) is 4.16. The number of aliphatic hydroxyl groups is 1. The highest BCUT2D eigenvalue weighted by Gasteiger charge is 2.50. The van der Waals surface area contributed by atoms with Gasteiger partial charge >= 0.3 is 0 Å². The third-order valence-corrected chi connectivity index (χ3v) is 5.67. The van der Waals surface area contributed by atoms with Crippen molar-refractivity contribution in [2.24, 2.45) is 5.41 Å². The maximum Gasteiger partial charge on any atom is 0.0860 e. The summed E-state index contributed by atoms with van der Waals surface area (Å²) in [6.45, 7) is 5.24. The van der Waals surface area contributed by atoms with Gasteiger partial charge in [0.2, 0.25) is 0 Å². The molecule has 1 aliphatic heterocycles. The molecule has 1 saturated carbocycles. The van der Waals surface area contributed by atoms with Crippen LogP contribution in [-0.2, 0) is 0 Å². The van der Waals surface area contributed by atoms with Crippen LogP contribution in [0.3, 0.4) is 0 Å². The molecule has 1 unspecified atom stereocenters. The topological polar surface area (TPSA) is 47.3 Å². The van der Waals surface area contributed by atoms with Gasteiger partial charge in [-0.1, -0.05) is 39.0 Å². The number of hydrogen-bond donors (Lipinski definition) is 1. The first-order valence-electron chi connectivity index (χ1n) is 8.52. The van der Waals surface area contributed by atoms with E-state index in [1.54, 1.807) is 0 Å². The highest BCUT2D eigenvalue weighted by Crippen LogP contribution is 2.47. The van der Waals surface area contributed by atoms with E-state index in [2.05, 4.69) is 17.9 Å². The van der Waals surface area contributed by atoms with Gasteiger partial charge in [-0.15, -0.1) is 0 Å². The van der Waals surface area contributed by atoms with Crippen molar-refractivity contribution in [2.45, 2.75) is 76.7 Å². The van der Waals surface area contributed by atoms with Gasteiger partial charge in [-0.25, -0.2) is 0 Å². The average molecular weight is 278 g/mol. The Labute approximate surface area is 124 Å². The lowest BCUT2D eigenvalue weighted by atomic mass is 9.63. The van der Waals surface area contributed by atoms with Crippen molar-refractivity contribution >= 4 is 0 Å². The van der Waals surface area contributed by atoms with Crippen molar-refractivity contribution < 1.29 is 5.11 Å². The third-order valence-electron chi connectivity index (χ3n) is 5.67. The van der Waals surface area contributed by atoms with Crippen molar-refractivity contribution in [3.63, 3.8) is 0 Å². The highest BCUT2D eigenvalue weighted by atomic mass is 16.3. The first-order valence-corrected chi connectivity index (χ1v) is 8.52. The lowest BCUT2D eigenvalue weighted by molar-refractivity contribution is -0.0778. The smallest absolute Gasteiger partial charge is 0.0860 e. The van der Waals surface area contributed by atoms with E-state index in [1.807, 2.05) is 0 Å². The zero-order valence-corrected chi connectivity index (χ0v) is 13.0. The minimum absolute atomic E-state index is 0.489. The lowest BCUT2D eigenvalue weighted by Gasteiger charge is -2.43. The van der Waals surface area contributed by atoms with Gasteiger partial charge in [-0.2, -0.15) is 5.26 Å². The number of rotatable bonds is 2. The SMILES string of the molecule is CCN1CCCC(O)(C2(C#N)CCCCCCC2)CC1. The van der Waals surface area contributed by atoms with Gasteiger partial charge in [0, 0.05) is 6.54 Å². The van der Waals surface area contributed by atoms with E-state index in [0.29, 0.717) is 0 Å². The summed E-state index contributed by atoms with van der Waals surface area (Å²) in [6.07, 6.45) is 10.3. The second kappa shape index (κ2) is 6.91. The summed E-state index contributed by atoms with van der Waals surface area (Å²) >= 11 is 0. The quantitative estimate of drug-likeness (QED) is 0.841. The summed E-state index contributed by atoms with van der Waals surface area (Å²) < 4.78 is 0. The Kier molecular flexibility index (Phi) is 5.46. The van der Waals surface area contributed by atoms with Gasteiger partial charge in [0.05, 0.1) is 17.1 Å². The van der Waals surface area contributed by atoms with Gasteiger partial charge in [-0.3, -0.25) is 0 Å². The van der Waals surface area contributed by atoms with Crippen LogP contribution < -0.4 is 0 Å². The van der Waals surface area contributed by atoms with E-state index in [9.17, 15) is 10.4 Å². The molecule has 0 aromatic rings. The molecule has 0 aromatic carbocycles. The first kappa shape index (κ1) is 15.8. The second-order valence-corrected chi connectivity index (χ2v) is 6.78. The van der Waals surface area contributed by atoms with Crippen molar-refractivity contribution in [1.82, 2.24) is 4.90 Å². The Hall–Kier alpha value is -0.590. The Bertz CT molecular complexity index is 341. The molecular weight excluding hydrogens is 248 g/mol. The summed E-state index contributed by atoms with van der Waals surface area (Å²) in [6, 6.07) is 2.59. The van der Waals surface area contributed by atoms with Crippen LogP contribution in [0.1, 0.15) is 71.1 Å². The summed E-state index contributed by atoms with van der Waals surface area (Å²) in [5.74, 6) is 0. The fourth-order valence-corrected chi connectivity index (χ4v) is 4.16. The molecule has 2 fully saturated rings. The summed E-state index contributed by atoms with van der Waals surface area (Å²) in [7, 11) is 0. The number of nitriles is 1. The number of nitrogens with zero attached hydrogens (tertiary/aromatic N) is 2. The molecule has 1 heterocycles. The molecule has 20 heavy (non-hydrogen) atoms. The van der Waals surface area contributed by atoms with Crippen LogP contribution in [0.15, 0.2) is 0 Å². The van der Waals surface area contributed by atoms with Crippen LogP contribution in [0, 0.1) is 16.7 Å². The zero-order chi connectivity index (χ0) is 14.5. The van der Waals surface area contributed by atoms with E-state index in [-0.39, 0.29) is 0 Å². The van der Waals surface area contributed by atoms with E-state index >= 15 is 0 Å². The molecule has 114 valence electrons. The van der Waals surface area contributed by atoms with E-state index < -0.39 is 11.0 Å². The summed E-state index contributed by atoms with van der Waals surface area (Å²) in [5, 5.41) is 21.2. The van der Waals surface area contributed by atoms with Gasteiger partial charge in [-0.05, 0) is 45.2 Å². The maximum absolute atomic E-state index is 11.3. The van der Waals surface area contributed by atoms with E-state index in [1.165, 1.54) is 19.3 Å². The summed E-state index contributed by atoms with van der Waals surface area (Å²) in [4.78, 5) is 2.41. The first-order chi connectivity index (χ1) is 9.66. The van der Waals surface area contributed by atoms with Gasteiger partial charge in [0.15, 0.2) is 0 Å². The average Bonchev–Trinajstić information content (AvgIpc) is 2.62. The van der Waals surface area contributed by atoms with Gasteiger partial charge in [0.25, 0.3) is 0 Å². The zero-order valence-electron chi connectivity index (χ0n) is 13.0. The predicted octanol–water partition coefficient (Wildman–Crippen LogP) is 3.48. The van der Waals surface area contributed by atoms with E-state index in [0.717, 1.165) is 64.6 Å². The van der Waals surface area contributed by atoms with Crippen molar-refractivity contribution in [1.29, 1.82) is 5.26 Å². The van der Waals surface area contributed by atoms with Crippen molar-refractivity contribution in [2.75, 3.05) is 19.6 Å². The molecule has 2 aliphatic rings. The molecule has 1 aliphatic carbocycles. The van der Waals surface area contributed by atoms with Gasteiger partial charge < -0.3 is 10.0 Å². The molecule has 0 bridgehead atoms. The Morgan fingerprint density at radius 1 is 0.950 bits per heavy atom. The minimum atomic E-state index is -0.761. The monoisotopic (exact) mass is 278 g/mol. The molecule has 0 amide bonds. The highest BCUT2D eigenvalue weighted by molar-refractivity contribution is 5.12. The second-order valence-electron chi connectivity index (χ2n) is 6.78. The van der Waals surface area contributed by atoms with Crippen LogP contribution in [0.25, 0.3) is 0 Å². The van der Waals surface area contributed by atoms with Crippen molar-refractivity contribution in [3.05, 3.63) is 0 Å². The maximum atomic E-state index is 11.3. The molecule has 1 N–H and O–H groups in total. The summed E-state index contributed by atoms with van der Waals surface area (Å²) in [5.41, 5.74) is -1.25. The predicted molar refractivity (Wildman–Crippen MR) is 81.3 cm³/mol.